The Morgan fingerprint density at radius 3 is 2.29 bits per heavy atom. The number of sulfonamides is 1. The van der Waals surface area contributed by atoms with Crippen LogP contribution in [0.2, 0.25) is 0 Å². The van der Waals surface area contributed by atoms with E-state index in [1.807, 2.05) is 0 Å². The summed E-state index contributed by atoms with van der Waals surface area (Å²) in [5.41, 5.74) is 5.22. The third-order valence-electron chi connectivity index (χ3n) is 1.76. The van der Waals surface area contributed by atoms with Crippen LogP contribution < -0.4 is 5.73 Å². The Labute approximate surface area is 94.7 Å². The van der Waals surface area contributed by atoms with E-state index in [4.69, 9.17) is 5.73 Å². The van der Waals surface area contributed by atoms with Gasteiger partial charge in [-0.15, -0.1) is 17.5 Å². The van der Waals surface area contributed by atoms with Gasteiger partial charge in [-0.05, 0) is 18.2 Å². The zero-order valence-electron chi connectivity index (χ0n) is 8.18. The highest BCUT2D eigenvalue weighted by Gasteiger charge is 2.45. The van der Waals surface area contributed by atoms with Gasteiger partial charge in [0.15, 0.2) is 0 Å². The van der Waals surface area contributed by atoms with Gasteiger partial charge in [0.1, 0.15) is 0 Å². The Balaban J connectivity index is 3.33. The van der Waals surface area contributed by atoms with Gasteiger partial charge in [-0.3, -0.25) is 4.79 Å². The van der Waals surface area contributed by atoms with Gasteiger partial charge in [0.2, 0.25) is 6.41 Å². The number of carbonyl (C=O) groups is 1. The van der Waals surface area contributed by atoms with E-state index in [1.165, 1.54) is 12.1 Å². The van der Waals surface area contributed by atoms with Crippen molar-refractivity contribution in [2.75, 3.05) is 5.73 Å². The predicted molar refractivity (Wildman–Crippen MR) is 52.0 cm³/mol. The van der Waals surface area contributed by atoms with Crippen LogP contribution in [0.1, 0.15) is 0 Å². The van der Waals surface area contributed by atoms with E-state index in [1.54, 1.807) is 0 Å². The van der Waals surface area contributed by atoms with Crippen LogP contribution in [0, 0.1) is 0 Å². The topological polar surface area (TPSA) is 80.5 Å². The van der Waals surface area contributed by atoms with Crippen molar-refractivity contribution >= 4 is 22.1 Å². The minimum atomic E-state index is -5.31. The van der Waals surface area contributed by atoms with Crippen LogP contribution in [0.25, 0.3) is 0 Å². The largest absolute Gasteiger partial charge is 0.500 e. The summed E-state index contributed by atoms with van der Waals surface area (Å²) < 4.78 is 58.6. The number of benzene rings is 1. The van der Waals surface area contributed by atoms with E-state index >= 15 is 0 Å². The molecule has 17 heavy (non-hydrogen) atoms. The second kappa shape index (κ2) is 4.24. The molecule has 0 saturated heterocycles. The number of alkyl halides is 3. The highest BCUT2D eigenvalue weighted by atomic mass is 32.2. The Kier molecular flexibility index (Phi) is 3.32. The zero-order valence-corrected chi connectivity index (χ0v) is 8.99. The van der Waals surface area contributed by atoms with Crippen molar-refractivity contribution in [3.63, 3.8) is 0 Å². The van der Waals surface area contributed by atoms with Crippen LogP contribution in [0.15, 0.2) is 29.2 Å². The summed E-state index contributed by atoms with van der Waals surface area (Å²) in [5.74, 6) is 0. The van der Waals surface area contributed by atoms with Crippen LogP contribution >= 0.6 is 0 Å². The van der Waals surface area contributed by atoms with Gasteiger partial charge in [0.25, 0.3) is 10.0 Å². The highest BCUT2D eigenvalue weighted by molar-refractivity contribution is 7.89. The lowest BCUT2D eigenvalue weighted by molar-refractivity contribution is -0.204. The summed E-state index contributed by atoms with van der Waals surface area (Å²) in [6.07, 6.45) is -6.12. The highest BCUT2D eigenvalue weighted by Crippen LogP contribution is 2.27. The Morgan fingerprint density at radius 2 is 1.88 bits per heavy atom. The van der Waals surface area contributed by atoms with Gasteiger partial charge in [-0.1, -0.05) is 6.07 Å². The third kappa shape index (κ3) is 2.67. The summed E-state index contributed by atoms with van der Waals surface area (Å²) in [5, 5.41) is 0. The number of nitrogens with zero attached hydrogens (tertiary/aromatic N) is 1. The van der Waals surface area contributed by atoms with Gasteiger partial charge in [0, 0.05) is 5.69 Å². The summed E-state index contributed by atoms with van der Waals surface area (Å²) in [6.45, 7) is 0. The second-order valence-corrected chi connectivity index (χ2v) is 4.76. The lowest BCUT2D eigenvalue weighted by Gasteiger charge is -2.19. The normalized spacial score (nSPS) is 12.2. The van der Waals surface area contributed by atoms with Gasteiger partial charge >= 0.3 is 6.30 Å². The van der Waals surface area contributed by atoms with Gasteiger partial charge in [-0.2, -0.15) is 0 Å². The van der Waals surface area contributed by atoms with Crippen LogP contribution in [0.3, 0.4) is 0 Å². The molecule has 1 aromatic rings. The molecule has 0 aliphatic heterocycles. The lowest BCUT2D eigenvalue weighted by atomic mass is 10.3. The molecule has 0 unspecified atom stereocenters. The zero-order chi connectivity index (χ0) is 13.3. The van der Waals surface area contributed by atoms with Crippen molar-refractivity contribution in [2.45, 2.75) is 11.2 Å². The number of halogens is 3. The minimum absolute atomic E-state index is 0.0286. The summed E-state index contributed by atoms with van der Waals surface area (Å²) in [6, 6.07) is 4.21. The fraction of sp³-hybridized carbons (Fsp3) is 0.125. The Morgan fingerprint density at radius 1 is 1.29 bits per heavy atom. The van der Waals surface area contributed by atoms with Gasteiger partial charge < -0.3 is 5.73 Å². The molecule has 0 aromatic heterocycles. The minimum Gasteiger partial charge on any atom is -0.399 e. The average Bonchev–Trinajstić information content (AvgIpc) is 2.15. The molecule has 0 radical (unpaired) electrons. The number of anilines is 1. The fourth-order valence-electron chi connectivity index (χ4n) is 1.04. The van der Waals surface area contributed by atoms with E-state index in [9.17, 15) is 26.4 Å². The molecule has 5 nitrogen and oxygen atoms in total. The number of nitrogens with two attached hydrogens (primary N) is 1. The van der Waals surface area contributed by atoms with Gasteiger partial charge in [-0.25, -0.2) is 8.42 Å². The maximum absolute atomic E-state index is 12.3. The summed E-state index contributed by atoms with van der Waals surface area (Å²) in [4.78, 5) is 9.55. The second-order valence-electron chi connectivity index (χ2n) is 2.95. The monoisotopic (exact) mass is 268 g/mol. The number of nitrogen functional groups attached to an aromatic ring is 1. The maximum Gasteiger partial charge on any atom is 0.500 e. The van der Waals surface area contributed by atoms with Crippen LogP contribution in [0.5, 0.6) is 0 Å². The van der Waals surface area contributed by atoms with Crippen molar-refractivity contribution in [2.24, 2.45) is 0 Å². The molecule has 0 atom stereocenters. The molecule has 1 amide bonds. The molecule has 9 heteroatoms. The van der Waals surface area contributed by atoms with Crippen LogP contribution in [-0.2, 0) is 14.8 Å². The smallest absolute Gasteiger partial charge is 0.399 e. The third-order valence-corrected chi connectivity index (χ3v) is 3.42. The maximum atomic E-state index is 12.3. The van der Waals surface area contributed by atoms with Crippen molar-refractivity contribution in [3.8, 4) is 0 Å². The molecule has 0 spiro atoms. The van der Waals surface area contributed by atoms with E-state index in [-0.39, 0.29) is 5.69 Å². The first kappa shape index (κ1) is 13.3. The van der Waals surface area contributed by atoms with Crippen molar-refractivity contribution in [1.29, 1.82) is 0 Å². The molecule has 1 aromatic carbocycles. The first-order valence-corrected chi connectivity index (χ1v) is 5.55. The molecular weight excluding hydrogens is 261 g/mol. The lowest BCUT2D eigenvalue weighted by Crippen LogP contribution is -2.41. The molecule has 2 N–H and O–H groups in total. The fourth-order valence-corrected chi connectivity index (χ4v) is 2.19. The SMILES string of the molecule is Nc1cccc(S(=O)(=O)N(C=O)C(F)(F)F)c1. The molecule has 0 aliphatic carbocycles. The molecule has 0 heterocycles. The van der Waals surface area contributed by atoms with Crippen LogP contribution in [0.4, 0.5) is 18.9 Å². The van der Waals surface area contributed by atoms with E-state index in [2.05, 4.69) is 0 Å². The number of amides is 1. The number of hydrogen-bond donors (Lipinski definition) is 1. The number of rotatable bonds is 3. The molecule has 0 fully saturated rings. The number of carbonyl (C=O) groups excluding carboxylic acids is 1. The van der Waals surface area contributed by atoms with Crippen LogP contribution in [-0.4, -0.2) is 25.4 Å². The Hall–Kier alpha value is -1.77. The van der Waals surface area contributed by atoms with E-state index in [0.717, 1.165) is 12.1 Å². The molecule has 94 valence electrons. The average molecular weight is 268 g/mol. The number of hydrogen-bond acceptors (Lipinski definition) is 4. The molecule has 0 saturated carbocycles. The molecule has 0 bridgehead atoms. The standard InChI is InChI=1S/C8H7F3N2O3S/c9-8(10,11)13(5-14)17(15,16)7-3-1-2-6(12)4-7/h1-5H,12H2. The summed E-state index contributed by atoms with van der Waals surface area (Å²) in [7, 11) is -4.97. The molecule has 0 aliphatic rings. The molecule has 1 rings (SSSR count). The first-order valence-electron chi connectivity index (χ1n) is 4.11. The van der Waals surface area contributed by atoms with E-state index in [0.29, 0.717) is 0 Å². The summed E-state index contributed by atoms with van der Waals surface area (Å²) >= 11 is 0. The van der Waals surface area contributed by atoms with Crippen molar-refractivity contribution < 1.29 is 26.4 Å². The molecular formula is C8H7F3N2O3S. The van der Waals surface area contributed by atoms with Crippen molar-refractivity contribution in [3.05, 3.63) is 24.3 Å². The van der Waals surface area contributed by atoms with Crippen molar-refractivity contribution in [1.82, 2.24) is 4.31 Å². The first-order chi connectivity index (χ1) is 7.69. The van der Waals surface area contributed by atoms with Gasteiger partial charge in [0.05, 0.1) is 4.90 Å². The predicted octanol–water partition coefficient (Wildman–Crippen LogP) is 0.936. The van der Waals surface area contributed by atoms with E-state index < -0.39 is 31.9 Å². The quantitative estimate of drug-likeness (QED) is 0.502. The Bertz CT molecular complexity index is 527.